The molecule has 5 rings (SSSR count). The van der Waals surface area contributed by atoms with E-state index in [1.807, 2.05) is 44.2 Å². The first-order valence-corrected chi connectivity index (χ1v) is 15.5. The van der Waals surface area contributed by atoms with Gasteiger partial charge in [0.15, 0.2) is 0 Å². The Morgan fingerprint density at radius 2 is 1.62 bits per heavy atom. The van der Waals surface area contributed by atoms with Gasteiger partial charge < -0.3 is 10.1 Å². The van der Waals surface area contributed by atoms with Crippen molar-refractivity contribution in [1.82, 2.24) is 15.3 Å². The van der Waals surface area contributed by atoms with Crippen molar-refractivity contribution >= 4 is 21.9 Å². The second kappa shape index (κ2) is 11.6. The lowest BCUT2D eigenvalue weighted by Gasteiger charge is -2.21. The number of nitrogens with zero attached hydrogens (tertiary/aromatic N) is 2. The first-order chi connectivity index (χ1) is 19.9. The largest absolute Gasteiger partial charge is 0.467 e. The summed E-state index contributed by atoms with van der Waals surface area (Å²) in [5, 5.41) is 2.92. The molecule has 1 unspecified atom stereocenters. The van der Waals surface area contributed by atoms with E-state index in [0.29, 0.717) is 5.69 Å². The van der Waals surface area contributed by atoms with Gasteiger partial charge in [-0.25, -0.2) is 18.1 Å². The number of sulfonamides is 1. The predicted molar refractivity (Wildman–Crippen MR) is 164 cm³/mol. The maximum atomic E-state index is 13.3. The van der Waals surface area contributed by atoms with E-state index in [-0.39, 0.29) is 34.2 Å². The zero-order valence-corrected chi connectivity index (χ0v) is 25.4. The highest BCUT2D eigenvalue weighted by Crippen LogP contribution is 2.31. The van der Waals surface area contributed by atoms with Crippen molar-refractivity contribution in [3.05, 3.63) is 101 Å². The van der Waals surface area contributed by atoms with Crippen molar-refractivity contribution in [2.24, 2.45) is 5.41 Å². The van der Waals surface area contributed by atoms with Gasteiger partial charge in [0.1, 0.15) is 6.10 Å². The fourth-order valence-corrected chi connectivity index (χ4v) is 5.93. The van der Waals surface area contributed by atoms with Crippen LogP contribution >= 0.6 is 0 Å². The molecule has 2 N–H and O–H groups in total. The Morgan fingerprint density at radius 3 is 2.31 bits per heavy atom. The number of rotatable bonds is 4. The molecule has 0 radical (unpaired) electrons. The number of hydrogen-bond donors (Lipinski definition) is 2. The molecule has 1 aliphatic heterocycles. The summed E-state index contributed by atoms with van der Waals surface area (Å²) in [6, 6.07) is 21.7. The SMILES string of the molecule is Cc1cccc(C)c1-c1cc2nc(n1)NS(=O)(=O)c1cccc(c1)C(=O)NCC(c1ccc(CCC(C)(C)C)cc1)O2. The minimum Gasteiger partial charge on any atom is -0.467 e. The molecule has 1 aromatic heterocycles. The van der Waals surface area contributed by atoms with Gasteiger partial charge in [-0.1, -0.05) is 69.3 Å². The van der Waals surface area contributed by atoms with Crippen LogP contribution in [-0.4, -0.2) is 30.8 Å². The maximum absolute atomic E-state index is 13.3. The fraction of sp³-hybridized carbons (Fsp3) is 0.303. The third-order valence-electron chi connectivity index (χ3n) is 7.30. The third kappa shape index (κ3) is 6.79. The summed E-state index contributed by atoms with van der Waals surface area (Å²) in [4.78, 5) is 22.1. The number of anilines is 1. The van der Waals surface area contributed by atoms with E-state index in [4.69, 9.17) is 4.74 Å². The summed E-state index contributed by atoms with van der Waals surface area (Å²) in [5.74, 6) is -0.344. The molecular formula is C33H36N4O4S. The van der Waals surface area contributed by atoms with Crippen molar-refractivity contribution < 1.29 is 17.9 Å². The molecule has 1 atom stereocenters. The summed E-state index contributed by atoms with van der Waals surface area (Å²) >= 11 is 0. The van der Waals surface area contributed by atoms with E-state index in [0.717, 1.165) is 35.1 Å². The molecule has 0 spiro atoms. The van der Waals surface area contributed by atoms with Gasteiger partial charge in [0.05, 0.1) is 17.1 Å². The molecule has 1 amide bonds. The summed E-state index contributed by atoms with van der Waals surface area (Å²) in [5.41, 5.74) is 5.87. The smallest absolute Gasteiger partial charge is 0.264 e. The summed E-state index contributed by atoms with van der Waals surface area (Å²) in [6.07, 6.45) is 1.42. The quantitative estimate of drug-likeness (QED) is 0.287. The first-order valence-electron chi connectivity index (χ1n) is 14.0. The maximum Gasteiger partial charge on any atom is 0.264 e. The Hall–Kier alpha value is -4.24. The van der Waals surface area contributed by atoms with Crippen molar-refractivity contribution in [2.75, 3.05) is 11.3 Å². The van der Waals surface area contributed by atoms with Crippen LogP contribution in [0, 0.1) is 19.3 Å². The van der Waals surface area contributed by atoms with Crippen molar-refractivity contribution in [3.8, 4) is 17.1 Å². The van der Waals surface area contributed by atoms with Gasteiger partial charge in [0, 0.05) is 17.2 Å². The number of hydrogen-bond acceptors (Lipinski definition) is 6. The number of ether oxygens (including phenoxy) is 1. The molecule has 0 fully saturated rings. The van der Waals surface area contributed by atoms with E-state index in [1.165, 1.54) is 23.8 Å². The topological polar surface area (TPSA) is 110 Å². The zero-order valence-electron chi connectivity index (χ0n) is 24.6. The van der Waals surface area contributed by atoms with Crippen LogP contribution in [0.25, 0.3) is 11.3 Å². The molecule has 2 heterocycles. The molecule has 218 valence electrons. The molecule has 1 aliphatic rings. The van der Waals surface area contributed by atoms with E-state index in [9.17, 15) is 13.2 Å². The zero-order chi connectivity index (χ0) is 30.1. The predicted octanol–water partition coefficient (Wildman–Crippen LogP) is 6.40. The Labute approximate surface area is 247 Å². The third-order valence-corrected chi connectivity index (χ3v) is 8.62. The number of carbonyl (C=O) groups excluding carboxylic acids is 1. The molecule has 4 aromatic rings. The molecule has 0 saturated heterocycles. The highest BCUT2D eigenvalue weighted by molar-refractivity contribution is 7.92. The molecule has 42 heavy (non-hydrogen) atoms. The van der Waals surface area contributed by atoms with Crippen LogP contribution in [0.4, 0.5) is 5.95 Å². The average Bonchev–Trinajstić information content (AvgIpc) is 2.93. The minimum atomic E-state index is -4.10. The monoisotopic (exact) mass is 584 g/mol. The van der Waals surface area contributed by atoms with Crippen molar-refractivity contribution in [1.29, 1.82) is 0 Å². The Morgan fingerprint density at radius 1 is 0.929 bits per heavy atom. The van der Waals surface area contributed by atoms with Gasteiger partial charge in [-0.2, -0.15) is 4.98 Å². The Kier molecular flexibility index (Phi) is 8.06. The van der Waals surface area contributed by atoms with E-state index in [1.54, 1.807) is 12.1 Å². The Balaban J connectivity index is 1.59. The lowest BCUT2D eigenvalue weighted by atomic mass is 9.88. The number of fused-ring (bicyclic) bond motifs is 4. The van der Waals surface area contributed by atoms with Crippen LogP contribution in [0.3, 0.4) is 0 Å². The normalized spacial score (nSPS) is 16.6. The summed E-state index contributed by atoms with van der Waals surface area (Å²) < 4.78 is 35.6. The average molecular weight is 585 g/mol. The lowest BCUT2D eigenvalue weighted by Crippen LogP contribution is -2.31. The van der Waals surface area contributed by atoms with Gasteiger partial charge in [-0.3, -0.25) is 4.79 Å². The number of carbonyl (C=O) groups is 1. The van der Waals surface area contributed by atoms with Gasteiger partial charge in [-0.05, 0) is 72.6 Å². The van der Waals surface area contributed by atoms with E-state index >= 15 is 0 Å². The van der Waals surface area contributed by atoms with Gasteiger partial charge >= 0.3 is 0 Å². The molecule has 4 bridgehead atoms. The number of nitrogens with one attached hydrogen (secondary N) is 2. The van der Waals surface area contributed by atoms with Crippen LogP contribution in [0.1, 0.15) is 65.9 Å². The minimum absolute atomic E-state index is 0.0691. The van der Waals surface area contributed by atoms with Crippen molar-refractivity contribution in [3.63, 3.8) is 0 Å². The molecular weight excluding hydrogens is 548 g/mol. The number of amides is 1. The fourth-order valence-electron chi connectivity index (χ4n) is 4.94. The summed E-state index contributed by atoms with van der Waals surface area (Å²) in [6.45, 7) is 10.8. The van der Waals surface area contributed by atoms with Gasteiger partial charge in [0.25, 0.3) is 15.9 Å². The van der Waals surface area contributed by atoms with Crippen LogP contribution in [-0.2, 0) is 16.4 Å². The molecule has 0 aliphatic carbocycles. The second-order valence-electron chi connectivity index (χ2n) is 11.9. The van der Waals surface area contributed by atoms with Gasteiger partial charge in [-0.15, -0.1) is 0 Å². The molecule has 3 aromatic carbocycles. The van der Waals surface area contributed by atoms with Crippen molar-refractivity contribution in [2.45, 2.75) is 58.5 Å². The number of benzene rings is 3. The standard InChI is InChI=1S/C33H36N4O4S/c1-21-8-6-9-22(2)30(21)27-19-29-36-32(35-27)37-42(39,40)26-11-7-10-25(18-26)31(38)34-20-28(41-29)24-14-12-23(13-15-24)16-17-33(3,4)5/h6-15,18-19,28H,16-17,20H2,1-5H3,(H,34,38)(H,35,36,37). The van der Waals surface area contributed by atoms with Crippen LogP contribution in [0.5, 0.6) is 5.88 Å². The van der Waals surface area contributed by atoms with E-state index < -0.39 is 22.0 Å². The van der Waals surface area contributed by atoms with Gasteiger partial charge in [0.2, 0.25) is 11.8 Å². The highest BCUT2D eigenvalue weighted by atomic mass is 32.2. The summed E-state index contributed by atoms with van der Waals surface area (Å²) in [7, 11) is -4.10. The Bertz CT molecular complexity index is 1710. The number of aryl methyl sites for hydroxylation is 3. The molecule has 0 saturated carbocycles. The van der Waals surface area contributed by atoms with E-state index in [2.05, 4.69) is 52.9 Å². The second-order valence-corrected chi connectivity index (χ2v) is 13.6. The van der Waals surface area contributed by atoms with Crippen LogP contribution in [0.15, 0.2) is 77.7 Å². The molecule has 9 heteroatoms. The molecule has 8 nitrogen and oxygen atoms in total. The lowest BCUT2D eigenvalue weighted by molar-refractivity contribution is 0.0925. The van der Waals surface area contributed by atoms with Crippen LogP contribution in [0.2, 0.25) is 0 Å². The number of aromatic nitrogens is 2. The van der Waals surface area contributed by atoms with Crippen LogP contribution < -0.4 is 14.8 Å². The highest BCUT2D eigenvalue weighted by Gasteiger charge is 2.24. The first kappa shape index (κ1) is 29.3.